The van der Waals surface area contributed by atoms with Gasteiger partial charge < -0.3 is 14.8 Å². The molecule has 3 heterocycles. The minimum atomic E-state index is 0.0586. The number of hydrogen-bond donors (Lipinski definition) is 1. The second-order valence-electron chi connectivity index (χ2n) is 6.72. The second-order valence-corrected chi connectivity index (χ2v) is 9.27. The fraction of sp³-hybridized carbons (Fsp3) is 0.421. The molecular weight excluding hydrogens is 430 g/mol. The zero-order valence-electron chi connectivity index (χ0n) is 14.9. The van der Waals surface area contributed by atoms with Crippen LogP contribution in [-0.2, 0) is 17.9 Å². The number of halogens is 1. The number of ether oxygens (including phenoxy) is 2. The molecule has 144 valence electrons. The number of rotatable bonds is 6. The van der Waals surface area contributed by atoms with Gasteiger partial charge in [0.2, 0.25) is 12.7 Å². The van der Waals surface area contributed by atoms with Crippen LogP contribution in [0, 0.1) is 0 Å². The molecular formula is C19H22BrN3O3S. The molecule has 0 bridgehead atoms. The summed E-state index contributed by atoms with van der Waals surface area (Å²) in [6, 6.07) is 10.0. The molecule has 1 saturated heterocycles. The fourth-order valence-electron chi connectivity index (χ4n) is 3.27. The molecule has 1 amide bonds. The second kappa shape index (κ2) is 8.60. The van der Waals surface area contributed by atoms with Crippen LogP contribution in [0.2, 0.25) is 0 Å². The first kappa shape index (κ1) is 18.7. The molecule has 0 radical (unpaired) electrons. The fourth-order valence-corrected chi connectivity index (χ4v) is 4.80. The van der Waals surface area contributed by atoms with Crippen molar-refractivity contribution >= 4 is 33.2 Å². The highest BCUT2D eigenvalue weighted by atomic mass is 79.9. The number of carbonyl (C=O) groups is 1. The van der Waals surface area contributed by atoms with Crippen molar-refractivity contribution in [2.45, 2.75) is 13.1 Å². The lowest BCUT2D eigenvalue weighted by Crippen LogP contribution is -2.48. The molecule has 0 unspecified atom stereocenters. The van der Waals surface area contributed by atoms with Crippen molar-refractivity contribution in [1.29, 1.82) is 0 Å². The molecule has 0 aliphatic carbocycles. The van der Waals surface area contributed by atoms with Crippen molar-refractivity contribution in [1.82, 2.24) is 15.1 Å². The predicted molar refractivity (Wildman–Crippen MR) is 108 cm³/mol. The van der Waals surface area contributed by atoms with Gasteiger partial charge in [-0.15, -0.1) is 11.3 Å². The van der Waals surface area contributed by atoms with Crippen LogP contribution >= 0.6 is 27.3 Å². The van der Waals surface area contributed by atoms with Gasteiger partial charge in [0.05, 0.1) is 10.3 Å². The maximum absolute atomic E-state index is 12.3. The molecule has 6 nitrogen and oxygen atoms in total. The van der Waals surface area contributed by atoms with E-state index in [0.717, 1.165) is 49.8 Å². The summed E-state index contributed by atoms with van der Waals surface area (Å²) in [7, 11) is 0. The molecule has 0 spiro atoms. The van der Waals surface area contributed by atoms with Crippen molar-refractivity contribution < 1.29 is 14.3 Å². The van der Waals surface area contributed by atoms with Crippen molar-refractivity contribution in [3.8, 4) is 11.5 Å². The molecule has 0 saturated carbocycles. The summed E-state index contributed by atoms with van der Waals surface area (Å²) in [4.78, 5) is 18.3. The lowest BCUT2D eigenvalue weighted by atomic mass is 10.2. The Bertz CT molecular complexity index is 805. The third kappa shape index (κ3) is 5.01. The van der Waals surface area contributed by atoms with E-state index in [4.69, 9.17) is 9.47 Å². The number of piperazine rings is 1. The normalized spacial score (nSPS) is 17.2. The third-order valence-corrected chi connectivity index (χ3v) is 6.38. The Hall–Kier alpha value is -1.61. The van der Waals surface area contributed by atoms with Crippen LogP contribution in [0.1, 0.15) is 10.4 Å². The zero-order valence-corrected chi connectivity index (χ0v) is 17.4. The lowest BCUT2D eigenvalue weighted by molar-refractivity contribution is -0.122. The Kier molecular flexibility index (Phi) is 5.97. The number of carbonyl (C=O) groups excluding carboxylic acids is 1. The van der Waals surface area contributed by atoms with Crippen LogP contribution in [0.15, 0.2) is 34.1 Å². The summed E-state index contributed by atoms with van der Waals surface area (Å²) in [6.07, 6.45) is 0. The maximum Gasteiger partial charge on any atom is 0.234 e. The highest BCUT2D eigenvalue weighted by Gasteiger charge is 2.19. The van der Waals surface area contributed by atoms with Gasteiger partial charge in [-0.1, -0.05) is 6.07 Å². The predicted octanol–water partition coefficient (Wildman–Crippen LogP) is 2.67. The van der Waals surface area contributed by atoms with E-state index in [1.165, 1.54) is 8.66 Å². The Morgan fingerprint density at radius 1 is 1.07 bits per heavy atom. The number of hydrogen-bond acceptors (Lipinski definition) is 6. The summed E-state index contributed by atoms with van der Waals surface area (Å²) in [6.45, 7) is 6.02. The van der Waals surface area contributed by atoms with E-state index in [1.54, 1.807) is 11.3 Å². The smallest absolute Gasteiger partial charge is 0.234 e. The van der Waals surface area contributed by atoms with Crippen LogP contribution in [0.25, 0.3) is 0 Å². The molecule has 2 aliphatic heterocycles. The van der Waals surface area contributed by atoms with Crippen LogP contribution in [-0.4, -0.2) is 55.2 Å². The molecule has 2 aliphatic rings. The maximum atomic E-state index is 12.3. The average Bonchev–Trinajstić information content (AvgIpc) is 3.30. The van der Waals surface area contributed by atoms with Crippen molar-refractivity contribution in [3.63, 3.8) is 0 Å². The minimum Gasteiger partial charge on any atom is -0.454 e. The Morgan fingerprint density at radius 3 is 2.63 bits per heavy atom. The van der Waals surface area contributed by atoms with Gasteiger partial charge in [-0.2, -0.15) is 0 Å². The number of benzene rings is 1. The number of amides is 1. The monoisotopic (exact) mass is 451 g/mol. The van der Waals surface area contributed by atoms with Gasteiger partial charge >= 0.3 is 0 Å². The molecule has 1 aromatic carbocycles. The molecule has 2 aromatic rings. The Labute approximate surface area is 171 Å². The first-order valence-electron chi connectivity index (χ1n) is 9.00. The van der Waals surface area contributed by atoms with Crippen LogP contribution < -0.4 is 14.8 Å². The topological polar surface area (TPSA) is 54.0 Å². The van der Waals surface area contributed by atoms with E-state index in [0.29, 0.717) is 13.1 Å². The standard InChI is InChI=1S/C19H22BrN3O3S/c20-18-4-2-15(27-18)11-22-5-7-23(8-6-22)12-19(24)21-10-14-1-3-16-17(9-14)26-13-25-16/h1-4,9H,5-8,10-13H2,(H,21,24). The SMILES string of the molecule is O=C(CN1CCN(Cc2ccc(Br)s2)CC1)NCc1ccc2c(c1)OCO2. The van der Waals surface area contributed by atoms with E-state index < -0.39 is 0 Å². The highest BCUT2D eigenvalue weighted by molar-refractivity contribution is 9.11. The largest absolute Gasteiger partial charge is 0.454 e. The van der Waals surface area contributed by atoms with E-state index >= 15 is 0 Å². The molecule has 8 heteroatoms. The van der Waals surface area contributed by atoms with E-state index in [1.807, 2.05) is 18.2 Å². The zero-order chi connectivity index (χ0) is 18.6. The summed E-state index contributed by atoms with van der Waals surface area (Å²) in [5, 5.41) is 3.00. The molecule has 1 aromatic heterocycles. The summed E-state index contributed by atoms with van der Waals surface area (Å²) >= 11 is 5.30. The van der Waals surface area contributed by atoms with Crippen molar-refractivity contribution in [2.24, 2.45) is 0 Å². The van der Waals surface area contributed by atoms with Gasteiger partial charge in [-0.05, 0) is 45.8 Å². The van der Waals surface area contributed by atoms with E-state index in [9.17, 15) is 4.79 Å². The van der Waals surface area contributed by atoms with Gasteiger partial charge in [-0.3, -0.25) is 14.6 Å². The number of thiophene rings is 1. The first-order valence-corrected chi connectivity index (χ1v) is 10.6. The van der Waals surface area contributed by atoms with Crippen molar-refractivity contribution in [3.05, 3.63) is 44.6 Å². The van der Waals surface area contributed by atoms with Crippen LogP contribution in [0.4, 0.5) is 0 Å². The van der Waals surface area contributed by atoms with Crippen LogP contribution in [0.3, 0.4) is 0 Å². The van der Waals surface area contributed by atoms with Gasteiger partial charge in [-0.25, -0.2) is 0 Å². The quantitative estimate of drug-likeness (QED) is 0.731. The summed E-state index contributed by atoms with van der Waals surface area (Å²) in [5.74, 6) is 1.57. The number of nitrogens with zero attached hydrogens (tertiary/aromatic N) is 2. The van der Waals surface area contributed by atoms with Gasteiger partial charge in [0.25, 0.3) is 0 Å². The Balaban J connectivity index is 1.18. The van der Waals surface area contributed by atoms with Crippen LogP contribution in [0.5, 0.6) is 11.5 Å². The lowest BCUT2D eigenvalue weighted by Gasteiger charge is -2.34. The number of nitrogens with one attached hydrogen (secondary N) is 1. The molecule has 4 rings (SSSR count). The molecule has 1 fully saturated rings. The van der Waals surface area contributed by atoms with E-state index in [-0.39, 0.29) is 12.7 Å². The summed E-state index contributed by atoms with van der Waals surface area (Å²) in [5.41, 5.74) is 1.01. The minimum absolute atomic E-state index is 0.0586. The molecule has 0 atom stereocenters. The van der Waals surface area contributed by atoms with E-state index in [2.05, 4.69) is 43.2 Å². The molecule has 27 heavy (non-hydrogen) atoms. The molecule has 1 N–H and O–H groups in total. The third-order valence-electron chi connectivity index (χ3n) is 4.77. The van der Waals surface area contributed by atoms with Gasteiger partial charge in [0.15, 0.2) is 11.5 Å². The van der Waals surface area contributed by atoms with Gasteiger partial charge in [0.1, 0.15) is 0 Å². The summed E-state index contributed by atoms with van der Waals surface area (Å²) < 4.78 is 11.9. The highest BCUT2D eigenvalue weighted by Crippen LogP contribution is 2.32. The first-order chi connectivity index (χ1) is 13.2. The number of fused-ring (bicyclic) bond motifs is 1. The van der Waals surface area contributed by atoms with Gasteiger partial charge in [0, 0.05) is 44.1 Å². The average molecular weight is 452 g/mol. The van der Waals surface area contributed by atoms with Crippen molar-refractivity contribution in [2.75, 3.05) is 39.5 Å². The Morgan fingerprint density at radius 2 is 1.85 bits per heavy atom.